The first-order valence-electron chi connectivity index (χ1n) is 9.86. The van der Waals surface area contributed by atoms with Crippen molar-refractivity contribution >= 4 is 31.7 Å². The normalized spacial score (nSPS) is 11.4. The zero-order valence-electron chi connectivity index (χ0n) is 16.9. The van der Waals surface area contributed by atoms with E-state index < -0.39 is 9.84 Å². The molecule has 1 aromatic heterocycles. The van der Waals surface area contributed by atoms with Gasteiger partial charge in [-0.05, 0) is 47.9 Å². The van der Waals surface area contributed by atoms with Gasteiger partial charge in [-0.25, -0.2) is 8.42 Å². The van der Waals surface area contributed by atoms with Crippen molar-refractivity contribution in [1.82, 2.24) is 4.98 Å². The molecule has 0 fully saturated rings. The van der Waals surface area contributed by atoms with Crippen LogP contribution in [-0.2, 0) is 22.8 Å². The van der Waals surface area contributed by atoms with E-state index >= 15 is 0 Å². The summed E-state index contributed by atoms with van der Waals surface area (Å²) in [6.45, 7) is 2.43. The van der Waals surface area contributed by atoms with Gasteiger partial charge < -0.3 is 9.73 Å². The smallest absolute Gasteiger partial charge is 0.234 e. The molecular formula is C24H21BrN2O3S. The summed E-state index contributed by atoms with van der Waals surface area (Å²) in [6, 6.07) is 23.9. The molecule has 5 nitrogen and oxygen atoms in total. The molecule has 3 aromatic carbocycles. The number of nitrogens with one attached hydrogen (secondary N) is 1. The predicted octanol–water partition coefficient (Wildman–Crippen LogP) is 6.11. The zero-order valence-corrected chi connectivity index (χ0v) is 19.3. The Hall–Kier alpha value is -2.90. The molecule has 0 atom stereocenters. The average Bonchev–Trinajstić information content (AvgIpc) is 3.24. The Morgan fingerprint density at radius 3 is 2.35 bits per heavy atom. The van der Waals surface area contributed by atoms with E-state index in [0.29, 0.717) is 12.1 Å². The van der Waals surface area contributed by atoms with Crippen molar-refractivity contribution in [3.05, 3.63) is 94.5 Å². The number of nitrogens with zero attached hydrogens (tertiary/aromatic N) is 1. The van der Waals surface area contributed by atoms with Crippen LogP contribution < -0.4 is 5.32 Å². The summed E-state index contributed by atoms with van der Waals surface area (Å²) >= 11 is 3.43. The summed E-state index contributed by atoms with van der Waals surface area (Å²) in [7, 11) is -3.88. The van der Waals surface area contributed by atoms with Gasteiger partial charge in [-0.3, -0.25) is 0 Å². The molecule has 0 bridgehead atoms. The molecule has 0 amide bonds. The minimum absolute atomic E-state index is 0.123. The summed E-state index contributed by atoms with van der Waals surface area (Å²) in [6.07, 6.45) is 0.835. The highest BCUT2D eigenvalue weighted by atomic mass is 79.9. The SMILES string of the molecule is CCc1ccc(S(=O)(=O)c2nc(-c3cccc(Br)c3)oc2NCc2ccccc2)cc1. The Morgan fingerprint density at radius 2 is 1.68 bits per heavy atom. The molecule has 0 spiro atoms. The lowest BCUT2D eigenvalue weighted by Gasteiger charge is -2.07. The van der Waals surface area contributed by atoms with E-state index in [4.69, 9.17) is 4.42 Å². The number of aromatic nitrogens is 1. The number of halogens is 1. The van der Waals surface area contributed by atoms with Gasteiger partial charge in [-0.2, -0.15) is 4.98 Å². The minimum Gasteiger partial charge on any atom is -0.419 e. The molecule has 0 radical (unpaired) electrons. The second kappa shape index (κ2) is 9.08. The van der Waals surface area contributed by atoms with E-state index in [2.05, 4.69) is 26.2 Å². The Bertz CT molecular complexity index is 1280. The maximum Gasteiger partial charge on any atom is 0.234 e. The van der Waals surface area contributed by atoms with Gasteiger partial charge >= 0.3 is 0 Å². The second-order valence-corrected chi connectivity index (χ2v) is 9.78. The van der Waals surface area contributed by atoms with Gasteiger partial charge in [0, 0.05) is 16.6 Å². The van der Waals surface area contributed by atoms with Crippen LogP contribution in [0.15, 0.2) is 97.7 Å². The fraction of sp³-hybridized carbons (Fsp3) is 0.125. The van der Waals surface area contributed by atoms with Crippen LogP contribution in [0.2, 0.25) is 0 Å². The molecule has 4 aromatic rings. The third kappa shape index (κ3) is 4.73. The molecule has 1 heterocycles. The molecule has 0 aliphatic carbocycles. The summed E-state index contributed by atoms with van der Waals surface area (Å²) in [5.41, 5.74) is 2.75. The van der Waals surface area contributed by atoms with E-state index in [1.807, 2.05) is 73.7 Å². The van der Waals surface area contributed by atoms with Gasteiger partial charge in [0.25, 0.3) is 0 Å². The van der Waals surface area contributed by atoms with Crippen molar-refractivity contribution in [2.24, 2.45) is 0 Å². The Balaban J connectivity index is 1.76. The monoisotopic (exact) mass is 496 g/mol. The third-order valence-corrected chi connectivity index (χ3v) is 7.03. The number of anilines is 1. The van der Waals surface area contributed by atoms with Crippen molar-refractivity contribution in [3.63, 3.8) is 0 Å². The quantitative estimate of drug-likeness (QED) is 0.334. The standard InChI is InChI=1S/C24H21BrN2O3S/c1-2-17-11-13-21(14-12-17)31(28,29)24-23(26-16-18-7-4-3-5-8-18)30-22(27-24)19-9-6-10-20(25)15-19/h3-15,26H,2,16H2,1H3. The first-order chi connectivity index (χ1) is 15.0. The molecule has 31 heavy (non-hydrogen) atoms. The fourth-order valence-electron chi connectivity index (χ4n) is 3.14. The van der Waals surface area contributed by atoms with Crippen molar-refractivity contribution in [3.8, 4) is 11.5 Å². The molecular weight excluding hydrogens is 476 g/mol. The molecule has 0 saturated carbocycles. The maximum absolute atomic E-state index is 13.4. The summed E-state index contributed by atoms with van der Waals surface area (Å²) in [5.74, 6) is 0.360. The van der Waals surface area contributed by atoms with Crippen molar-refractivity contribution in [1.29, 1.82) is 0 Å². The predicted molar refractivity (Wildman–Crippen MR) is 125 cm³/mol. The van der Waals surface area contributed by atoms with Gasteiger partial charge in [-0.15, -0.1) is 0 Å². The van der Waals surface area contributed by atoms with E-state index in [0.717, 1.165) is 22.0 Å². The summed E-state index contributed by atoms with van der Waals surface area (Å²) in [4.78, 5) is 4.57. The third-order valence-electron chi connectivity index (χ3n) is 4.86. The van der Waals surface area contributed by atoms with E-state index in [-0.39, 0.29) is 21.7 Å². The lowest BCUT2D eigenvalue weighted by Crippen LogP contribution is -2.07. The number of oxazole rings is 1. The number of aryl methyl sites for hydroxylation is 1. The van der Waals surface area contributed by atoms with E-state index in [9.17, 15) is 8.42 Å². The Labute approximate surface area is 190 Å². The van der Waals surface area contributed by atoms with Crippen molar-refractivity contribution < 1.29 is 12.8 Å². The highest BCUT2D eigenvalue weighted by Gasteiger charge is 2.28. The number of benzene rings is 3. The Kier molecular flexibility index (Phi) is 6.25. The van der Waals surface area contributed by atoms with Crippen LogP contribution in [0.25, 0.3) is 11.5 Å². The fourth-order valence-corrected chi connectivity index (χ4v) is 4.82. The van der Waals surface area contributed by atoms with Crippen LogP contribution in [0.1, 0.15) is 18.1 Å². The van der Waals surface area contributed by atoms with Gasteiger partial charge in [0.05, 0.1) is 4.90 Å². The van der Waals surface area contributed by atoms with Gasteiger partial charge in [0.2, 0.25) is 26.6 Å². The molecule has 0 aliphatic heterocycles. The molecule has 0 unspecified atom stereocenters. The van der Waals surface area contributed by atoms with Gasteiger partial charge in [-0.1, -0.05) is 71.4 Å². The lowest BCUT2D eigenvalue weighted by atomic mass is 10.2. The molecule has 4 rings (SSSR count). The highest BCUT2D eigenvalue weighted by molar-refractivity contribution is 9.10. The largest absolute Gasteiger partial charge is 0.419 e. The van der Waals surface area contributed by atoms with Crippen molar-refractivity contribution in [2.75, 3.05) is 5.32 Å². The summed E-state index contributed by atoms with van der Waals surface area (Å²) in [5, 5.41) is 2.99. The maximum atomic E-state index is 13.4. The number of sulfone groups is 1. The average molecular weight is 497 g/mol. The number of rotatable bonds is 7. The van der Waals surface area contributed by atoms with Crippen LogP contribution in [-0.4, -0.2) is 13.4 Å². The second-order valence-electron chi connectivity index (χ2n) is 7.00. The first-order valence-corrected chi connectivity index (χ1v) is 12.1. The van der Waals surface area contributed by atoms with Crippen LogP contribution >= 0.6 is 15.9 Å². The van der Waals surface area contributed by atoms with Gasteiger partial charge in [0.15, 0.2) is 0 Å². The molecule has 158 valence electrons. The zero-order chi connectivity index (χ0) is 21.8. The van der Waals surface area contributed by atoms with Crippen LogP contribution in [0.4, 0.5) is 5.88 Å². The highest BCUT2D eigenvalue weighted by Crippen LogP contribution is 2.33. The van der Waals surface area contributed by atoms with E-state index in [1.165, 1.54) is 0 Å². The molecule has 1 N–H and O–H groups in total. The molecule has 0 saturated heterocycles. The van der Waals surface area contributed by atoms with Crippen LogP contribution in [0.5, 0.6) is 0 Å². The molecule has 7 heteroatoms. The Morgan fingerprint density at radius 1 is 0.935 bits per heavy atom. The minimum atomic E-state index is -3.88. The van der Waals surface area contributed by atoms with Crippen LogP contribution in [0.3, 0.4) is 0 Å². The van der Waals surface area contributed by atoms with E-state index in [1.54, 1.807) is 12.1 Å². The first kappa shape index (κ1) is 21.3. The van der Waals surface area contributed by atoms with Gasteiger partial charge in [0.1, 0.15) is 0 Å². The number of hydrogen-bond donors (Lipinski definition) is 1. The lowest BCUT2D eigenvalue weighted by molar-refractivity contribution is 0.576. The number of hydrogen-bond acceptors (Lipinski definition) is 5. The summed E-state index contributed by atoms with van der Waals surface area (Å²) < 4.78 is 33.6. The van der Waals surface area contributed by atoms with Crippen molar-refractivity contribution in [2.45, 2.75) is 29.8 Å². The molecule has 0 aliphatic rings. The van der Waals surface area contributed by atoms with Crippen LogP contribution in [0, 0.1) is 0 Å². The topological polar surface area (TPSA) is 72.2 Å².